The Balaban J connectivity index is 0.000000152. The van der Waals surface area contributed by atoms with Crippen molar-refractivity contribution in [3.8, 4) is 23.0 Å². The van der Waals surface area contributed by atoms with E-state index in [1.165, 1.54) is 0 Å². The summed E-state index contributed by atoms with van der Waals surface area (Å²) in [6, 6.07) is 62.8. The molecule has 1 saturated heterocycles. The number of Topliss-reactive ketones (excluding diaryl/α,β-unsaturated/α-hetero) is 1. The van der Waals surface area contributed by atoms with Gasteiger partial charge in [0.05, 0.1) is 0 Å². The second-order valence-corrected chi connectivity index (χ2v) is 22.0. The molecule has 1 atom stereocenters. The minimum absolute atomic E-state index is 0.0733. The monoisotopic (exact) mass is 1300 g/mol. The van der Waals surface area contributed by atoms with Crippen molar-refractivity contribution in [1.29, 1.82) is 0 Å². The number of aryl methyl sites for hydroxylation is 3. The zero-order valence-electron chi connectivity index (χ0n) is 54.0. The molecule has 1 unspecified atom stereocenters. The third kappa shape index (κ3) is 23.1. The highest BCUT2D eigenvalue weighted by atomic mass is 16.5. The number of ether oxygens (including phenoxy) is 5. The van der Waals surface area contributed by atoms with Crippen LogP contribution in [0, 0.1) is 6.92 Å². The molecule has 20 heteroatoms. The van der Waals surface area contributed by atoms with Gasteiger partial charge in [-0.15, -0.1) is 0 Å². The van der Waals surface area contributed by atoms with Gasteiger partial charge in [-0.2, -0.15) is 5.10 Å². The molecular weight excluding hydrogens is 1220 g/mol. The summed E-state index contributed by atoms with van der Waals surface area (Å²) in [6.07, 6.45) is 16.2. The Hall–Kier alpha value is -12.2. The van der Waals surface area contributed by atoms with Crippen LogP contribution < -0.4 is 40.2 Å². The molecule has 12 rings (SSSR count). The summed E-state index contributed by atoms with van der Waals surface area (Å²) in [7, 11) is 1.80. The van der Waals surface area contributed by atoms with Crippen molar-refractivity contribution in [3.63, 3.8) is 0 Å². The normalized spacial score (nSPS) is 11.8. The minimum Gasteiger partial charge on any atom is -0.489 e. The highest BCUT2D eigenvalue weighted by Crippen LogP contribution is 2.25. The fraction of sp³-hybridized carbons (Fsp3) is 0.169. The Bertz CT molecular complexity index is 4280. The van der Waals surface area contributed by atoms with E-state index in [1.807, 2.05) is 184 Å². The first-order valence-electron chi connectivity index (χ1n) is 31.4. The van der Waals surface area contributed by atoms with Gasteiger partial charge in [0, 0.05) is 150 Å². The Morgan fingerprint density at radius 2 is 0.897 bits per heavy atom. The Kier molecular flexibility index (Phi) is 26.3. The third-order valence-corrected chi connectivity index (χ3v) is 14.6. The number of aromatic nitrogens is 6. The van der Waals surface area contributed by atoms with Gasteiger partial charge in [0.1, 0.15) is 55.5 Å². The fourth-order valence-electron chi connectivity index (χ4n) is 9.44. The molecule has 1 aliphatic rings. The summed E-state index contributed by atoms with van der Waals surface area (Å²) < 4.78 is 30.0. The quantitative estimate of drug-likeness (QED) is 0.0435. The lowest BCUT2D eigenvalue weighted by molar-refractivity contribution is -0.134. The molecule has 0 bridgehead atoms. The molecule has 1 fully saturated rings. The van der Waals surface area contributed by atoms with Crippen LogP contribution in [-0.2, 0) is 65.4 Å². The summed E-state index contributed by atoms with van der Waals surface area (Å²) >= 11 is 0. The molecule has 0 radical (unpaired) electrons. The van der Waals surface area contributed by atoms with E-state index in [4.69, 9.17) is 23.7 Å². The van der Waals surface area contributed by atoms with E-state index in [-0.39, 0.29) is 30.2 Å². The van der Waals surface area contributed by atoms with Gasteiger partial charge in [-0.1, -0.05) is 104 Å². The number of amides is 4. The lowest BCUT2D eigenvalue weighted by Crippen LogP contribution is -2.26. The van der Waals surface area contributed by atoms with Gasteiger partial charge in [-0.25, -0.2) is 0 Å². The van der Waals surface area contributed by atoms with Gasteiger partial charge in [0.15, 0.2) is 5.69 Å². The summed E-state index contributed by atoms with van der Waals surface area (Å²) in [5.41, 5.74) is 10.4. The maximum Gasteiger partial charge on any atom is 0.292 e. The molecule has 97 heavy (non-hydrogen) atoms. The van der Waals surface area contributed by atoms with E-state index in [0.717, 1.165) is 58.3 Å². The van der Waals surface area contributed by atoms with Crippen molar-refractivity contribution in [2.75, 3.05) is 27.9 Å². The predicted octanol–water partition coefficient (Wildman–Crippen LogP) is 13.6. The number of benzene rings is 6. The van der Waals surface area contributed by atoms with Gasteiger partial charge in [-0.3, -0.25) is 48.6 Å². The van der Waals surface area contributed by atoms with Crippen molar-refractivity contribution in [3.05, 3.63) is 306 Å². The molecule has 5 aromatic heterocycles. The van der Waals surface area contributed by atoms with Crippen LogP contribution in [0.2, 0.25) is 0 Å². The molecule has 1 aliphatic heterocycles. The zero-order chi connectivity index (χ0) is 67.8. The number of carbonyl (C=O) groups is 5. The number of carbonyl (C=O) groups excluding carboxylic acids is 5. The first kappa shape index (κ1) is 69.2. The number of nitrogens with one attached hydrogen (secondary N) is 4. The number of rotatable bonds is 23. The molecule has 492 valence electrons. The first-order valence-corrected chi connectivity index (χ1v) is 31.4. The average Bonchev–Trinajstić information content (AvgIpc) is 2.25. The molecule has 0 saturated carbocycles. The number of hydrogen-bond acceptors (Lipinski definition) is 15. The highest BCUT2D eigenvalue weighted by Gasteiger charge is 2.24. The van der Waals surface area contributed by atoms with Crippen LogP contribution in [0.15, 0.2) is 256 Å². The number of anilines is 4. The standard InChI is InChI=1S/C21H18N2O3.C21H20N2O2.C18H18N4O2.C17H18N2O3/c24-20(12-16-6-2-1-3-7-16)21(25)23-18-9-4-10-19(13-18)26-15-17-8-5-11-22-14-17;1-2-17-8-3-4-11-20(17)21(24)23-18-9-5-10-19(13-18)25-15-16-7-6-12-22-14-16;1-13-9-17(21-22(13)2)18(23)20-15-6-3-7-16(10-15)24-12-14-5-4-8-19-11-14;20-17(16-7-3-9-21-16)19-14-5-1-6-15(10-14)22-12-13-4-2-8-18-11-13/h1-11,13-14H,12,15H2,(H,23,25);3-14H,2,15H2,1H3,(H,23,24);3-11H,12H2,1-2H3,(H,20,23);1-2,4-6,8,10-11,16H,3,7,9,12H2,(H,19,20). The first-order chi connectivity index (χ1) is 47.4. The van der Waals surface area contributed by atoms with Gasteiger partial charge in [0.25, 0.3) is 23.6 Å². The summed E-state index contributed by atoms with van der Waals surface area (Å²) in [6.45, 7) is 6.27. The van der Waals surface area contributed by atoms with Gasteiger partial charge < -0.3 is 45.0 Å². The maximum absolute atomic E-state index is 12.5. The predicted molar refractivity (Wildman–Crippen MR) is 371 cm³/mol. The Morgan fingerprint density at radius 3 is 1.31 bits per heavy atom. The van der Waals surface area contributed by atoms with E-state index in [9.17, 15) is 24.0 Å². The average molecular weight is 1300 g/mol. The van der Waals surface area contributed by atoms with Crippen molar-refractivity contribution < 1.29 is 47.7 Å². The van der Waals surface area contributed by atoms with Crippen LogP contribution in [0.25, 0.3) is 0 Å². The summed E-state index contributed by atoms with van der Waals surface area (Å²) in [5, 5.41) is 15.4. The van der Waals surface area contributed by atoms with Crippen molar-refractivity contribution >= 4 is 52.2 Å². The third-order valence-electron chi connectivity index (χ3n) is 14.6. The molecule has 6 heterocycles. The van der Waals surface area contributed by atoms with Crippen LogP contribution >= 0.6 is 0 Å². The van der Waals surface area contributed by atoms with E-state index < -0.39 is 11.7 Å². The maximum atomic E-state index is 12.5. The molecule has 20 nitrogen and oxygen atoms in total. The second kappa shape index (κ2) is 36.9. The fourth-order valence-corrected chi connectivity index (χ4v) is 9.44. The zero-order valence-corrected chi connectivity index (χ0v) is 54.0. The second-order valence-electron chi connectivity index (χ2n) is 22.0. The van der Waals surface area contributed by atoms with Crippen molar-refractivity contribution in [2.24, 2.45) is 7.05 Å². The van der Waals surface area contributed by atoms with Crippen molar-refractivity contribution in [1.82, 2.24) is 29.7 Å². The molecular formula is C77H74N10O10. The SMILES string of the molecule is CCc1ccccc1C(=O)Nc1cccc(OCc2cccnc2)c1.Cc1cc(C(=O)Nc2cccc(OCc3cccnc3)c2)nn1C.O=C(Cc1ccccc1)C(=O)Nc1cccc(OCc2cccnc2)c1.O=C(Nc1cccc(OCc2cccnc2)c1)C1CCCO1. The minimum atomic E-state index is -0.640. The molecule has 4 amide bonds. The molecule has 0 spiro atoms. The number of pyridine rings is 4. The van der Waals surface area contributed by atoms with Crippen LogP contribution in [-0.4, -0.2) is 71.8 Å². The smallest absolute Gasteiger partial charge is 0.292 e. The summed E-state index contributed by atoms with van der Waals surface area (Å²) in [4.78, 5) is 77.1. The van der Waals surface area contributed by atoms with Crippen LogP contribution in [0.1, 0.15) is 79.7 Å². The van der Waals surface area contributed by atoms with Crippen LogP contribution in [0.4, 0.5) is 22.7 Å². The lowest BCUT2D eigenvalue weighted by Gasteiger charge is -2.12. The molecule has 6 aromatic carbocycles. The molecule has 4 N–H and O–H groups in total. The van der Waals surface area contributed by atoms with Gasteiger partial charge >= 0.3 is 0 Å². The topological polar surface area (TPSA) is 249 Å². The van der Waals surface area contributed by atoms with E-state index >= 15 is 0 Å². The largest absolute Gasteiger partial charge is 0.489 e. The van der Waals surface area contributed by atoms with Crippen molar-refractivity contribution in [2.45, 2.75) is 72.1 Å². The number of ketones is 1. The van der Waals surface area contributed by atoms with Crippen LogP contribution in [0.5, 0.6) is 23.0 Å². The highest BCUT2D eigenvalue weighted by molar-refractivity contribution is 6.41. The van der Waals surface area contributed by atoms with E-state index in [2.05, 4.69) is 46.3 Å². The van der Waals surface area contributed by atoms with Crippen LogP contribution in [0.3, 0.4) is 0 Å². The number of nitrogens with zero attached hydrogens (tertiary/aromatic N) is 6. The molecule has 11 aromatic rings. The Morgan fingerprint density at radius 1 is 0.474 bits per heavy atom. The van der Waals surface area contributed by atoms with E-state index in [1.54, 1.807) is 97.7 Å². The molecule has 0 aliphatic carbocycles. The summed E-state index contributed by atoms with van der Waals surface area (Å²) in [5.74, 6) is 1.10. The van der Waals surface area contributed by atoms with Gasteiger partial charge in [0.2, 0.25) is 5.78 Å². The van der Waals surface area contributed by atoms with Gasteiger partial charge in [-0.05, 0) is 122 Å². The Labute approximate surface area is 563 Å². The van der Waals surface area contributed by atoms with E-state index in [0.29, 0.717) is 90.0 Å². The number of hydrogen-bond donors (Lipinski definition) is 4. The lowest BCUT2D eigenvalue weighted by atomic mass is 10.0.